The molecule has 0 saturated heterocycles. The Bertz CT molecular complexity index is 1410. The quantitative estimate of drug-likeness (QED) is 0.296. The van der Waals surface area contributed by atoms with Crippen molar-refractivity contribution in [3.8, 4) is 34.2 Å². The molecule has 2 heterocycles. The Morgan fingerprint density at radius 2 is 1.50 bits per heavy atom. The second-order valence-corrected chi connectivity index (χ2v) is 8.37. The average Bonchev–Trinajstić information content (AvgIpc) is 3.40. The van der Waals surface area contributed by atoms with Crippen LogP contribution in [0.5, 0.6) is 0 Å². The van der Waals surface area contributed by atoms with Crippen molar-refractivity contribution in [2.45, 2.75) is 6.92 Å². The third kappa shape index (κ3) is 3.66. The third-order valence-electron chi connectivity index (χ3n) is 5.06. The number of para-hydroxylation sites is 1. The molecule has 3 aromatic carbocycles. The highest BCUT2D eigenvalue weighted by Gasteiger charge is 2.24. The maximum Gasteiger partial charge on any atom is 0.207 e. The number of nitrogens with zero attached hydrogens (tertiary/aromatic N) is 6. The highest BCUT2D eigenvalue weighted by Crippen LogP contribution is 2.36. The monoisotopic (exact) mass is 480 g/mol. The molecule has 32 heavy (non-hydrogen) atoms. The average molecular weight is 482 g/mol. The molecular formula is C23H15Cl3N6. The lowest BCUT2D eigenvalue weighted by atomic mass is 10.1. The molecule has 0 aliphatic carbocycles. The minimum Gasteiger partial charge on any atom is -0.231 e. The highest BCUT2D eigenvalue weighted by molar-refractivity contribution is 6.35. The van der Waals surface area contributed by atoms with Crippen LogP contribution in [0.1, 0.15) is 5.56 Å². The van der Waals surface area contributed by atoms with Crippen LogP contribution in [0.2, 0.25) is 15.1 Å². The fourth-order valence-corrected chi connectivity index (χ4v) is 4.17. The van der Waals surface area contributed by atoms with Gasteiger partial charge in [-0.3, -0.25) is 0 Å². The van der Waals surface area contributed by atoms with Crippen molar-refractivity contribution in [1.82, 2.24) is 30.0 Å². The van der Waals surface area contributed by atoms with Crippen LogP contribution < -0.4 is 0 Å². The van der Waals surface area contributed by atoms with E-state index in [9.17, 15) is 0 Å². The van der Waals surface area contributed by atoms with E-state index in [0.29, 0.717) is 32.3 Å². The van der Waals surface area contributed by atoms with Gasteiger partial charge in [-0.1, -0.05) is 65.1 Å². The van der Waals surface area contributed by atoms with Crippen LogP contribution in [0.3, 0.4) is 0 Å². The maximum atomic E-state index is 6.55. The van der Waals surface area contributed by atoms with Crippen LogP contribution in [0.15, 0.2) is 72.8 Å². The number of hydrogen-bond acceptors (Lipinski definition) is 4. The largest absolute Gasteiger partial charge is 0.231 e. The van der Waals surface area contributed by atoms with E-state index in [-0.39, 0.29) is 0 Å². The van der Waals surface area contributed by atoms with E-state index >= 15 is 0 Å². The number of rotatable bonds is 4. The van der Waals surface area contributed by atoms with Gasteiger partial charge in [-0.25, -0.2) is 4.68 Å². The molecule has 0 radical (unpaired) electrons. The summed E-state index contributed by atoms with van der Waals surface area (Å²) in [5, 5.41) is 18.9. The molecule has 5 aromatic rings. The van der Waals surface area contributed by atoms with Gasteiger partial charge < -0.3 is 0 Å². The molecule has 0 N–H and O–H groups in total. The summed E-state index contributed by atoms with van der Waals surface area (Å²) in [5.74, 6) is 0.521. The first-order valence-electron chi connectivity index (χ1n) is 9.68. The molecule has 2 aromatic heterocycles. The first-order chi connectivity index (χ1) is 15.5. The van der Waals surface area contributed by atoms with Gasteiger partial charge in [0, 0.05) is 21.2 Å². The Morgan fingerprint density at radius 3 is 2.22 bits per heavy atom. The van der Waals surface area contributed by atoms with Crippen LogP contribution >= 0.6 is 34.8 Å². The van der Waals surface area contributed by atoms with Gasteiger partial charge in [0.2, 0.25) is 5.82 Å². The molecular weight excluding hydrogens is 467 g/mol. The number of benzene rings is 3. The van der Waals surface area contributed by atoms with E-state index in [2.05, 4.69) is 15.5 Å². The molecule has 5 rings (SSSR count). The van der Waals surface area contributed by atoms with Crippen molar-refractivity contribution in [2.75, 3.05) is 0 Å². The lowest BCUT2D eigenvalue weighted by Crippen LogP contribution is -2.02. The minimum atomic E-state index is 0.476. The molecule has 0 amide bonds. The molecule has 9 heteroatoms. The SMILES string of the molecule is Cc1c(-c2nnnn2-c2ccccc2)nn(-c2ccc(Cl)cc2Cl)c1-c1ccc(Cl)cc1. The van der Waals surface area contributed by atoms with Gasteiger partial charge in [-0.15, -0.1) is 5.10 Å². The molecule has 158 valence electrons. The second-order valence-electron chi connectivity index (χ2n) is 7.09. The Kier molecular flexibility index (Phi) is 5.43. The summed E-state index contributed by atoms with van der Waals surface area (Å²) in [7, 11) is 0. The summed E-state index contributed by atoms with van der Waals surface area (Å²) in [5.41, 5.74) is 4.83. The molecule has 6 nitrogen and oxygen atoms in total. The van der Waals surface area contributed by atoms with E-state index < -0.39 is 0 Å². The van der Waals surface area contributed by atoms with Gasteiger partial charge in [0.05, 0.1) is 22.1 Å². The smallest absolute Gasteiger partial charge is 0.207 e. The van der Waals surface area contributed by atoms with E-state index in [0.717, 1.165) is 22.5 Å². The number of halogens is 3. The Hall–Kier alpha value is -3.19. The van der Waals surface area contributed by atoms with Crippen molar-refractivity contribution in [3.63, 3.8) is 0 Å². The van der Waals surface area contributed by atoms with E-state index in [4.69, 9.17) is 39.9 Å². The van der Waals surface area contributed by atoms with Crippen molar-refractivity contribution in [1.29, 1.82) is 0 Å². The predicted octanol–water partition coefficient (Wildman–Crippen LogP) is 6.45. The molecule has 0 fully saturated rings. The number of hydrogen-bond donors (Lipinski definition) is 0. The van der Waals surface area contributed by atoms with E-state index in [1.54, 1.807) is 21.5 Å². The third-order valence-corrected chi connectivity index (χ3v) is 5.85. The number of tetrazole rings is 1. The summed E-state index contributed by atoms with van der Waals surface area (Å²) < 4.78 is 3.45. The topological polar surface area (TPSA) is 61.4 Å². The molecule has 0 aliphatic rings. The molecule has 0 aliphatic heterocycles. The van der Waals surface area contributed by atoms with Crippen LogP contribution in [0, 0.1) is 6.92 Å². The van der Waals surface area contributed by atoms with Gasteiger partial charge in [0.1, 0.15) is 5.69 Å². The van der Waals surface area contributed by atoms with Gasteiger partial charge in [0.15, 0.2) is 0 Å². The van der Waals surface area contributed by atoms with E-state index in [1.807, 2.05) is 67.6 Å². The fourth-order valence-electron chi connectivity index (χ4n) is 3.56. The normalized spacial score (nSPS) is 11.1. The fraction of sp³-hybridized carbons (Fsp3) is 0.0435. The summed E-state index contributed by atoms with van der Waals surface area (Å²) >= 11 is 18.8. The van der Waals surface area contributed by atoms with Gasteiger partial charge in [0.25, 0.3) is 0 Å². The van der Waals surface area contributed by atoms with Crippen molar-refractivity contribution in [2.24, 2.45) is 0 Å². The zero-order valence-electron chi connectivity index (χ0n) is 16.7. The molecule has 0 atom stereocenters. The van der Waals surface area contributed by atoms with Gasteiger partial charge in [-0.05, 0) is 59.8 Å². The Morgan fingerprint density at radius 1 is 0.781 bits per heavy atom. The summed E-state index contributed by atoms with van der Waals surface area (Å²) in [4.78, 5) is 0. The van der Waals surface area contributed by atoms with Crippen LogP contribution in [0.25, 0.3) is 34.2 Å². The van der Waals surface area contributed by atoms with Crippen LogP contribution in [-0.4, -0.2) is 30.0 Å². The standard InChI is InChI=1S/C23H15Cl3N6/c1-14-21(23-27-29-30-31(23)18-5-3-2-4-6-18)28-32(20-12-11-17(25)13-19(20)26)22(14)15-7-9-16(24)10-8-15/h2-13H,1H3. The first kappa shape index (κ1) is 20.7. The summed E-state index contributed by atoms with van der Waals surface area (Å²) in [6.45, 7) is 1.98. The van der Waals surface area contributed by atoms with Crippen molar-refractivity contribution >= 4 is 34.8 Å². The second kappa shape index (κ2) is 8.39. The molecule has 0 saturated carbocycles. The summed E-state index contributed by atoms with van der Waals surface area (Å²) in [6.07, 6.45) is 0. The van der Waals surface area contributed by atoms with Crippen LogP contribution in [-0.2, 0) is 0 Å². The molecule has 0 unspecified atom stereocenters. The summed E-state index contributed by atoms with van der Waals surface area (Å²) in [6, 6.07) is 22.5. The molecule has 0 spiro atoms. The molecule has 0 bridgehead atoms. The lowest BCUT2D eigenvalue weighted by molar-refractivity contribution is 0.789. The van der Waals surface area contributed by atoms with Crippen molar-refractivity contribution in [3.05, 3.63) is 93.4 Å². The lowest BCUT2D eigenvalue weighted by Gasteiger charge is -2.11. The highest BCUT2D eigenvalue weighted by atomic mass is 35.5. The maximum absolute atomic E-state index is 6.55. The van der Waals surface area contributed by atoms with Crippen molar-refractivity contribution < 1.29 is 0 Å². The van der Waals surface area contributed by atoms with E-state index in [1.165, 1.54) is 0 Å². The first-order valence-corrected chi connectivity index (χ1v) is 10.8. The Balaban J connectivity index is 1.77. The zero-order chi connectivity index (χ0) is 22.2. The zero-order valence-corrected chi connectivity index (χ0v) is 19.0. The predicted molar refractivity (Wildman–Crippen MR) is 127 cm³/mol. The van der Waals surface area contributed by atoms with Gasteiger partial charge in [-0.2, -0.15) is 9.78 Å². The Labute approximate surface area is 199 Å². The minimum absolute atomic E-state index is 0.476. The number of aromatic nitrogens is 6. The van der Waals surface area contributed by atoms with Gasteiger partial charge >= 0.3 is 0 Å². The van der Waals surface area contributed by atoms with Crippen LogP contribution in [0.4, 0.5) is 0 Å².